The molecule has 1 aliphatic heterocycles. The van der Waals surface area contributed by atoms with Crippen molar-refractivity contribution in [1.82, 2.24) is 5.32 Å². The van der Waals surface area contributed by atoms with Crippen molar-refractivity contribution in [2.24, 2.45) is 5.41 Å². The van der Waals surface area contributed by atoms with Crippen LogP contribution in [0.5, 0.6) is 5.75 Å². The van der Waals surface area contributed by atoms with Crippen LogP contribution in [0.1, 0.15) is 26.3 Å². The molecular weight excluding hydrogens is 309 g/mol. The number of esters is 1. The van der Waals surface area contributed by atoms with Crippen molar-refractivity contribution < 1.29 is 22.7 Å². The number of carbonyl (C=O) groups is 1. The molecule has 23 heavy (non-hydrogen) atoms. The van der Waals surface area contributed by atoms with Crippen molar-refractivity contribution in [3.05, 3.63) is 23.8 Å². The highest BCUT2D eigenvalue weighted by molar-refractivity contribution is 5.80. The van der Waals surface area contributed by atoms with E-state index in [-0.39, 0.29) is 5.75 Å². The Balaban J connectivity index is 2.38. The summed E-state index contributed by atoms with van der Waals surface area (Å²) in [6, 6.07) is 3.30. The average Bonchev–Trinajstić information content (AvgIpc) is 2.46. The minimum absolute atomic E-state index is 0.0401. The summed E-state index contributed by atoms with van der Waals surface area (Å²) in [6.07, 6.45) is -4.48. The first kappa shape index (κ1) is 17.6. The number of piperazine rings is 1. The van der Waals surface area contributed by atoms with Crippen LogP contribution in [-0.4, -0.2) is 32.1 Å². The van der Waals surface area contributed by atoms with Crippen LogP contribution in [0.3, 0.4) is 0 Å². The fourth-order valence-corrected chi connectivity index (χ4v) is 2.19. The van der Waals surface area contributed by atoms with Gasteiger partial charge in [-0.3, -0.25) is 4.79 Å². The van der Waals surface area contributed by atoms with Gasteiger partial charge in [-0.25, -0.2) is 0 Å². The second-order valence-electron chi connectivity index (χ2n) is 6.56. The lowest BCUT2D eigenvalue weighted by Gasteiger charge is -2.31. The topological polar surface area (TPSA) is 41.6 Å². The number of halogens is 3. The third-order valence-electron chi connectivity index (χ3n) is 3.56. The first-order chi connectivity index (χ1) is 10.6. The summed E-state index contributed by atoms with van der Waals surface area (Å²) in [4.78, 5) is 14.0. The predicted molar refractivity (Wildman–Crippen MR) is 81.6 cm³/mol. The van der Waals surface area contributed by atoms with Gasteiger partial charge in [-0.1, -0.05) is 0 Å². The molecule has 4 nitrogen and oxygen atoms in total. The third-order valence-corrected chi connectivity index (χ3v) is 3.56. The Morgan fingerprint density at radius 2 is 1.78 bits per heavy atom. The van der Waals surface area contributed by atoms with E-state index in [1.165, 1.54) is 6.07 Å². The van der Waals surface area contributed by atoms with Gasteiger partial charge in [0.15, 0.2) is 5.75 Å². The first-order valence-electron chi connectivity index (χ1n) is 7.48. The molecule has 0 saturated carbocycles. The lowest BCUT2D eigenvalue weighted by atomic mass is 9.97. The van der Waals surface area contributed by atoms with E-state index in [0.29, 0.717) is 18.8 Å². The molecule has 0 atom stereocenters. The molecule has 1 N–H and O–H groups in total. The summed E-state index contributed by atoms with van der Waals surface area (Å²) in [6.45, 7) is 7.73. The van der Waals surface area contributed by atoms with Crippen LogP contribution in [0.15, 0.2) is 18.2 Å². The lowest BCUT2D eigenvalue weighted by Crippen LogP contribution is -2.43. The van der Waals surface area contributed by atoms with Crippen molar-refractivity contribution in [3.63, 3.8) is 0 Å². The number of hydrogen-bond donors (Lipinski definition) is 1. The molecule has 1 aromatic carbocycles. The standard InChI is InChI=1S/C16H21F3N2O2/c1-15(2,3)14(22)23-13-10-11(16(17,18)19)4-5-12(13)21-8-6-20-7-9-21/h4-5,10,20H,6-9H2,1-3H3. The number of alkyl halides is 3. The van der Waals surface area contributed by atoms with Gasteiger partial charge in [-0.05, 0) is 39.0 Å². The highest BCUT2D eigenvalue weighted by Gasteiger charge is 2.33. The van der Waals surface area contributed by atoms with Gasteiger partial charge in [0.25, 0.3) is 0 Å². The van der Waals surface area contributed by atoms with Gasteiger partial charge in [-0.15, -0.1) is 0 Å². The third kappa shape index (κ3) is 4.37. The van der Waals surface area contributed by atoms with E-state index in [4.69, 9.17) is 4.74 Å². The van der Waals surface area contributed by atoms with Crippen LogP contribution in [-0.2, 0) is 11.0 Å². The number of ether oxygens (including phenoxy) is 1. The highest BCUT2D eigenvalue weighted by Crippen LogP contribution is 2.37. The number of rotatable bonds is 2. The lowest BCUT2D eigenvalue weighted by molar-refractivity contribution is -0.144. The molecule has 7 heteroatoms. The monoisotopic (exact) mass is 330 g/mol. The maximum absolute atomic E-state index is 12.9. The minimum Gasteiger partial charge on any atom is -0.424 e. The number of nitrogens with one attached hydrogen (secondary N) is 1. The van der Waals surface area contributed by atoms with Gasteiger partial charge in [0.05, 0.1) is 16.7 Å². The first-order valence-corrected chi connectivity index (χ1v) is 7.48. The fourth-order valence-electron chi connectivity index (χ4n) is 2.19. The summed E-state index contributed by atoms with van der Waals surface area (Å²) in [5.74, 6) is -0.602. The molecule has 0 spiro atoms. The van der Waals surface area contributed by atoms with Crippen LogP contribution in [0.2, 0.25) is 0 Å². The SMILES string of the molecule is CC(C)(C)C(=O)Oc1cc(C(F)(F)F)ccc1N1CCNCC1. The molecule has 1 saturated heterocycles. The van der Waals surface area contributed by atoms with E-state index in [9.17, 15) is 18.0 Å². The molecule has 0 amide bonds. The molecule has 1 heterocycles. The summed E-state index contributed by atoms with van der Waals surface area (Å²) < 4.78 is 44.1. The molecule has 0 unspecified atom stereocenters. The predicted octanol–water partition coefficient (Wildman–Crippen LogP) is 3.07. The Morgan fingerprint density at radius 1 is 1.17 bits per heavy atom. The van der Waals surface area contributed by atoms with Gasteiger partial charge in [0, 0.05) is 26.2 Å². The summed E-state index contributed by atoms with van der Waals surface area (Å²) in [7, 11) is 0. The van der Waals surface area contributed by atoms with Crippen LogP contribution in [0, 0.1) is 5.41 Å². The molecule has 0 aliphatic carbocycles. The van der Waals surface area contributed by atoms with E-state index in [0.717, 1.165) is 25.2 Å². The number of benzene rings is 1. The van der Waals surface area contributed by atoms with E-state index >= 15 is 0 Å². The van der Waals surface area contributed by atoms with Crippen molar-refractivity contribution in [1.29, 1.82) is 0 Å². The average molecular weight is 330 g/mol. The summed E-state index contributed by atoms with van der Waals surface area (Å²) in [5.41, 5.74) is -1.11. The van der Waals surface area contributed by atoms with Crippen LogP contribution >= 0.6 is 0 Å². The van der Waals surface area contributed by atoms with E-state index in [1.807, 2.05) is 4.90 Å². The number of nitrogens with zero attached hydrogens (tertiary/aromatic N) is 1. The smallest absolute Gasteiger partial charge is 0.416 e. The van der Waals surface area contributed by atoms with Crippen molar-refractivity contribution >= 4 is 11.7 Å². The van der Waals surface area contributed by atoms with Crippen molar-refractivity contribution in [2.45, 2.75) is 26.9 Å². The van der Waals surface area contributed by atoms with Crippen LogP contribution in [0.25, 0.3) is 0 Å². The van der Waals surface area contributed by atoms with E-state index in [2.05, 4.69) is 5.32 Å². The Hall–Kier alpha value is -1.76. The van der Waals surface area contributed by atoms with Crippen molar-refractivity contribution in [2.75, 3.05) is 31.1 Å². The molecule has 1 aromatic rings. The van der Waals surface area contributed by atoms with Gasteiger partial charge in [0.2, 0.25) is 0 Å². The highest BCUT2D eigenvalue weighted by atomic mass is 19.4. The number of anilines is 1. The zero-order valence-electron chi connectivity index (χ0n) is 13.5. The molecule has 0 aromatic heterocycles. The van der Waals surface area contributed by atoms with Gasteiger partial charge in [-0.2, -0.15) is 13.2 Å². The molecule has 0 bridgehead atoms. The maximum atomic E-state index is 12.9. The second-order valence-corrected chi connectivity index (χ2v) is 6.56. The number of carbonyl (C=O) groups excluding carboxylic acids is 1. The largest absolute Gasteiger partial charge is 0.424 e. The maximum Gasteiger partial charge on any atom is 0.416 e. The summed E-state index contributed by atoms with van der Waals surface area (Å²) in [5, 5.41) is 3.18. The van der Waals surface area contributed by atoms with E-state index in [1.54, 1.807) is 20.8 Å². The Kier molecular flexibility index (Phi) is 4.89. The van der Waals surface area contributed by atoms with Crippen LogP contribution < -0.4 is 15.0 Å². The molecule has 1 fully saturated rings. The van der Waals surface area contributed by atoms with Gasteiger partial charge >= 0.3 is 12.1 Å². The molecule has 0 radical (unpaired) electrons. The second kappa shape index (κ2) is 6.39. The van der Waals surface area contributed by atoms with Crippen LogP contribution in [0.4, 0.5) is 18.9 Å². The zero-order chi connectivity index (χ0) is 17.3. The van der Waals surface area contributed by atoms with Gasteiger partial charge < -0.3 is 15.0 Å². The Morgan fingerprint density at radius 3 is 2.30 bits per heavy atom. The zero-order valence-corrected chi connectivity index (χ0v) is 13.5. The molecule has 1 aliphatic rings. The molecule has 128 valence electrons. The molecule has 2 rings (SSSR count). The summed E-state index contributed by atoms with van der Waals surface area (Å²) >= 11 is 0. The van der Waals surface area contributed by atoms with E-state index < -0.39 is 23.1 Å². The Bertz CT molecular complexity index is 574. The quantitative estimate of drug-likeness (QED) is 0.668. The minimum atomic E-state index is -4.48. The van der Waals surface area contributed by atoms with Gasteiger partial charge in [0.1, 0.15) is 0 Å². The van der Waals surface area contributed by atoms with Crippen molar-refractivity contribution in [3.8, 4) is 5.75 Å². The normalized spacial score (nSPS) is 16.3. The molecular formula is C16H21F3N2O2. The Labute approximate surface area is 133 Å². The number of hydrogen-bond acceptors (Lipinski definition) is 4. The fraction of sp³-hybridized carbons (Fsp3) is 0.562.